The average Bonchev–Trinajstić information content (AvgIpc) is 3.21. The molecule has 1 amide bonds. The minimum Gasteiger partial charge on any atom is -0.496 e. The molecule has 1 N–H and O–H groups in total. The topological polar surface area (TPSA) is 94.2 Å². The Morgan fingerprint density at radius 2 is 1.25 bits per heavy atom. The Kier molecular flexibility index (Phi) is 13.0. The normalized spacial score (nSPS) is 15.7. The van der Waals surface area contributed by atoms with Crippen LogP contribution in [0.5, 0.6) is 17.2 Å². The summed E-state index contributed by atoms with van der Waals surface area (Å²) in [6.07, 6.45) is 5.18. The second kappa shape index (κ2) is 18.0. The van der Waals surface area contributed by atoms with Gasteiger partial charge >= 0.3 is 0 Å². The Hall–Kier alpha value is -5.12. The zero-order chi connectivity index (χ0) is 39.0. The lowest BCUT2D eigenvalue weighted by atomic mass is 9.85. The van der Waals surface area contributed by atoms with E-state index in [1.807, 2.05) is 92.7 Å². The molecule has 1 heterocycles. The third-order valence-electron chi connectivity index (χ3n) is 10.8. The molecule has 0 radical (unpaired) electrons. The molecule has 0 aromatic heterocycles. The summed E-state index contributed by atoms with van der Waals surface area (Å²) < 4.78 is 49.1. The summed E-state index contributed by atoms with van der Waals surface area (Å²) in [6, 6.07) is 35.1. The quantitative estimate of drug-likeness (QED) is 0.108. The SMILES string of the molecule is COc1cc2c(cc1OC)C(c1ccccc1)N(S(=O)(=O)c1cc(C)c(C)c(OC)c1)[C@H](C(=O)NC(CCCc1ccccc1)CCCc1ccccc1)C2. The largest absolute Gasteiger partial charge is 0.496 e. The molecule has 55 heavy (non-hydrogen) atoms. The Morgan fingerprint density at radius 3 is 1.80 bits per heavy atom. The predicted molar refractivity (Wildman–Crippen MR) is 218 cm³/mol. The number of sulfonamides is 1. The van der Waals surface area contributed by atoms with E-state index in [4.69, 9.17) is 14.2 Å². The van der Waals surface area contributed by atoms with Crippen molar-refractivity contribution in [1.82, 2.24) is 9.62 Å². The van der Waals surface area contributed by atoms with Crippen LogP contribution in [0.4, 0.5) is 0 Å². The Balaban J connectivity index is 1.42. The molecule has 288 valence electrons. The van der Waals surface area contributed by atoms with Gasteiger partial charge in [0, 0.05) is 12.1 Å². The van der Waals surface area contributed by atoms with Gasteiger partial charge in [0.05, 0.1) is 32.3 Å². The van der Waals surface area contributed by atoms with Gasteiger partial charge < -0.3 is 19.5 Å². The highest BCUT2D eigenvalue weighted by Crippen LogP contribution is 2.46. The van der Waals surface area contributed by atoms with E-state index in [1.165, 1.54) is 22.5 Å². The van der Waals surface area contributed by atoms with Gasteiger partial charge in [0.2, 0.25) is 15.9 Å². The van der Waals surface area contributed by atoms with Crippen LogP contribution >= 0.6 is 0 Å². The Labute approximate surface area is 326 Å². The van der Waals surface area contributed by atoms with Crippen molar-refractivity contribution < 1.29 is 27.4 Å². The summed E-state index contributed by atoms with van der Waals surface area (Å²) in [5.74, 6) is 1.14. The molecule has 1 unspecified atom stereocenters. The number of methoxy groups -OCH3 is 3. The molecule has 6 rings (SSSR count). The minimum absolute atomic E-state index is 0.0670. The van der Waals surface area contributed by atoms with Crippen LogP contribution in [-0.4, -0.2) is 52.0 Å². The molecule has 2 atom stereocenters. The van der Waals surface area contributed by atoms with Gasteiger partial charge in [-0.25, -0.2) is 8.42 Å². The molecule has 9 heteroatoms. The van der Waals surface area contributed by atoms with Crippen LogP contribution in [0.1, 0.15) is 70.7 Å². The highest BCUT2D eigenvalue weighted by Gasteiger charge is 2.47. The van der Waals surface area contributed by atoms with Crippen LogP contribution in [-0.2, 0) is 34.1 Å². The molecular formula is C46H52N2O6S. The van der Waals surface area contributed by atoms with E-state index in [-0.39, 0.29) is 23.3 Å². The lowest BCUT2D eigenvalue weighted by molar-refractivity contribution is -0.126. The Bertz CT molecular complexity index is 2110. The summed E-state index contributed by atoms with van der Waals surface area (Å²) in [4.78, 5) is 15.0. The number of carbonyl (C=O) groups is 1. The van der Waals surface area contributed by atoms with Gasteiger partial charge in [-0.05, 0) is 116 Å². The van der Waals surface area contributed by atoms with Crippen molar-refractivity contribution in [3.8, 4) is 17.2 Å². The lowest BCUT2D eigenvalue weighted by Crippen LogP contribution is -2.56. The first-order chi connectivity index (χ1) is 26.6. The fourth-order valence-corrected chi connectivity index (χ4v) is 9.56. The van der Waals surface area contributed by atoms with E-state index in [0.29, 0.717) is 17.2 Å². The van der Waals surface area contributed by atoms with E-state index < -0.39 is 22.1 Å². The first-order valence-corrected chi connectivity index (χ1v) is 20.4. The molecular weight excluding hydrogens is 709 g/mol. The number of nitrogens with one attached hydrogen (secondary N) is 1. The molecule has 5 aromatic carbocycles. The van der Waals surface area contributed by atoms with E-state index in [1.54, 1.807) is 26.4 Å². The number of rotatable bonds is 16. The van der Waals surface area contributed by atoms with Gasteiger partial charge in [-0.3, -0.25) is 4.79 Å². The standard InChI is InChI=1S/C46H52N2O6S/c1-32-27-39(30-42(52-3)33(32)2)55(50,51)48-41(28-37-29-43(53-4)44(54-5)31-40(37)45(48)36-23-13-8-14-24-36)46(49)47-38(25-15-21-34-17-9-6-10-18-34)26-16-22-35-19-11-7-12-20-35/h6-14,17-20,23-24,27,29-31,38,41,45H,15-16,21-22,25-26,28H2,1-5H3,(H,47,49)/t41-,45?/m0/s1. The van der Waals surface area contributed by atoms with Crippen LogP contribution in [0.15, 0.2) is 120 Å². The third-order valence-corrected chi connectivity index (χ3v) is 12.6. The number of ether oxygens (including phenoxy) is 3. The highest BCUT2D eigenvalue weighted by molar-refractivity contribution is 7.89. The molecule has 0 saturated heterocycles. The second-order valence-electron chi connectivity index (χ2n) is 14.3. The smallest absolute Gasteiger partial charge is 0.244 e. The van der Waals surface area contributed by atoms with Crippen LogP contribution in [0.2, 0.25) is 0 Å². The summed E-state index contributed by atoms with van der Waals surface area (Å²) in [5, 5.41) is 3.38. The monoisotopic (exact) mass is 760 g/mol. The molecule has 0 spiro atoms. The number of carbonyl (C=O) groups excluding carboxylic acids is 1. The molecule has 8 nitrogen and oxygen atoms in total. The molecule has 0 fully saturated rings. The maximum Gasteiger partial charge on any atom is 0.244 e. The van der Waals surface area contributed by atoms with Gasteiger partial charge in [0.25, 0.3) is 0 Å². The molecule has 0 saturated carbocycles. The molecule has 1 aliphatic rings. The molecule has 5 aromatic rings. The Morgan fingerprint density at radius 1 is 0.727 bits per heavy atom. The average molecular weight is 761 g/mol. The van der Waals surface area contributed by atoms with Crippen molar-refractivity contribution >= 4 is 15.9 Å². The number of nitrogens with zero attached hydrogens (tertiary/aromatic N) is 1. The van der Waals surface area contributed by atoms with Gasteiger partial charge in [-0.15, -0.1) is 0 Å². The second-order valence-corrected chi connectivity index (χ2v) is 16.1. The molecule has 1 aliphatic heterocycles. The zero-order valence-corrected chi connectivity index (χ0v) is 33.3. The van der Waals surface area contributed by atoms with Crippen LogP contribution in [0.25, 0.3) is 0 Å². The van der Waals surface area contributed by atoms with Gasteiger partial charge in [0.15, 0.2) is 11.5 Å². The molecule has 0 aliphatic carbocycles. The zero-order valence-electron chi connectivity index (χ0n) is 32.5. The summed E-state index contributed by atoms with van der Waals surface area (Å²) >= 11 is 0. The number of hydrogen-bond donors (Lipinski definition) is 1. The number of benzene rings is 5. The lowest BCUT2D eigenvalue weighted by Gasteiger charge is -2.42. The fourth-order valence-electron chi connectivity index (χ4n) is 7.72. The molecule has 0 bridgehead atoms. The number of hydrogen-bond acceptors (Lipinski definition) is 6. The maximum absolute atomic E-state index is 15.3. The van der Waals surface area contributed by atoms with Crippen molar-refractivity contribution in [2.24, 2.45) is 0 Å². The first kappa shape index (κ1) is 39.6. The summed E-state index contributed by atoms with van der Waals surface area (Å²) in [5.41, 5.74) is 6.40. The fraction of sp³-hybridized carbons (Fsp3) is 0.326. The number of fused-ring (bicyclic) bond motifs is 1. The van der Waals surface area contributed by atoms with Crippen molar-refractivity contribution in [2.45, 2.75) is 81.8 Å². The number of amides is 1. The summed E-state index contributed by atoms with van der Waals surface area (Å²) in [7, 11) is 0.347. The van der Waals surface area contributed by atoms with Gasteiger partial charge in [-0.1, -0.05) is 91.0 Å². The van der Waals surface area contributed by atoms with E-state index in [2.05, 4.69) is 29.6 Å². The van der Waals surface area contributed by atoms with Gasteiger partial charge in [-0.2, -0.15) is 4.31 Å². The van der Waals surface area contributed by atoms with Crippen molar-refractivity contribution in [1.29, 1.82) is 0 Å². The van der Waals surface area contributed by atoms with E-state index in [9.17, 15) is 4.79 Å². The number of aryl methyl sites for hydroxylation is 3. The van der Waals surface area contributed by atoms with Crippen molar-refractivity contribution in [2.75, 3.05) is 21.3 Å². The van der Waals surface area contributed by atoms with Crippen LogP contribution in [0, 0.1) is 13.8 Å². The highest BCUT2D eigenvalue weighted by atomic mass is 32.2. The van der Waals surface area contributed by atoms with Gasteiger partial charge in [0.1, 0.15) is 11.8 Å². The minimum atomic E-state index is -4.32. The predicted octanol–water partition coefficient (Wildman–Crippen LogP) is 8.56. The van der Waals surface area contributed by atoms with Crippen molar-refractivity contribution in [3.63, 3.8) is 0 Å². The van der Waals surface area contributed by atoms with Crippen molar-refractivity contribution in [3.05, 3.63) is 154 Å². The van der Waals surface area contributed by atoms with E-state index in [0.717, 1.165) is 66.3 Å². The van der Waals surface area contributed by atoms with E-state index >= 15 is 8.42 Å². The summed E-state index contributed by atoms with van der Waals surface area (Å²) in [6.45, 7) is 3.77. The maximum atomic E-state index is 15.3. The third kappa shape index (κ3) is 9.06. The first-order valence-electron chi connectivity index (χ1n) is 19.0. The van der Waals surface area contributed by atoms with Crippen LogP contribution < -0.4 is 19.5 Å². The van der Waals surface area contributed by atoms with Crippen LogP contribution in [0.3, 0.4) is 0 Å².